The van der Waals surface area contributed by atoms with Gasteiger partial charge in [-0.2, -0.15) is 0 Å². The van der Waals surface area contributed by atoms with Crippen molar-refractivity contribution in [1.82, 2.24) is 0 Å². The number of aliphatic carboxylic acids is 1. The Hall–Kier alpha value is -0.610. The molecule has 1 N–H and O–H groups in total. The lowest BCUT2D eigenvalue weighted by atomic mass is 9.79. The molecule has 0 aromatic heterocycles. The maximum Gasteiger partial charge on any atom is 0.338 e. The van der Waals surface area contributed by atoms with E-state index in [2.05, 4.69) is 0 Å². The van der Waals surface area contributed by atoms with Crippen molar-refractivity contribution >= 4 is 5.97 Å². The highest BCUT2D eigenvalue weighted by Gasteiger charge is 2.59. The lowest BCUT2D eigenvalue weighted by molar-refractivity contribution is -0.182. The Labute approximate surface area is 90.6 Å². The number of hydrogen-bond acceptors (Lipinski definition) is 3. The van der Waals surface area contributed by atoms with Crippen LogP contribution in [0.2, 0.25) is 0 Å². The van der Waals surface area contributed by atoms with Gasteiger partial charge in [-0.3, -0.25) is 0 Å². The number of carboxylic acid groups (broad SMARTS) is 1. The van der Waals surface area contributed by atoms with Crippen molar-refractivity contribution in [1.29, 1.82) is 0 Å². The Kier molecular flexibility index (Phi) is 2.65. The van der Waals surface area contributed by atoms with E-state index in [0.29, 0.717) is 0 Å². The predicted octanol–water partition coefficient (Wildman–Crippen LogP) is 2.03. The van der Waals surface area contributed by atoms with E-state index in [4.69, 9.17) is 9.47 Å². The third kappa shape index (κ3) is 2.16. The first-order chi connectivity index (χ1) is 6.49. The van der Waals surface area contributed by atoms with E-state index < -0.39 is 23.5 Å². The van der Waals surface area contributed by atoms with Crippen LogP contribution in [0.1, 0.15) is 41.5 Å². The van der Waals surface area contributed by atoms with Crippen LogP contribution in [-0.2, 0) is 14.3 Å². The molecule has 1 aliphatic heterocycles. The summed E-state index contributed by atoms with van der Waals surface area (Å²) in [5.41, 5.74) is -1.55. The third-order valence-corrected chi connectivity index (χ3v) is 2.57. The van der Waals surface area contributed by atoms with Crippen LogP contribution in [-0.4, -0.2) is 28.6 Å². The van der Waals surface area contributed by atoms with Gasteiger partial charge in [0.05, 0.1) is 0 Å². The average molecular weight is 216 g/mol. The maximum absolute atomic E-state index is 11.3. The summed E-state index contributed by atoms with van der Waals surface area (Å²) in [6.45, 7) is 10.9. The third-order valence-electron chi connectivity index (χ3n) is 2.57. The molecule has 1 rings (SSSR count). The summed E-state index contributed by atoms with van der Waals surface area (Å²) in [6, 6.07) is 0. The number of carboxylic acids is 1. The zero-order valence-corrected chi connectivity index (χ0v) is 10.2. The fourth-order valence-electron chi connectivity index (χ4n) is 2.14. The molecule has 0 spiro atoms. The lowest BCUT2D eigenvalue weighted by Gasteiger charge is -2.33. The van der Waals surface area contributed by atoms with E-state index in [1.807, 2.05) is 20.8 Å². The molecule has 1 heterocycles. The van der Waals surface area contributed by atoms with Gasteiger partial charge in [-0.05, 0) is 26.2 Å². The molecular weight excluding hydrogens is 196 g/mol. The quantitative estimate of drug-likeness (QED) is 0.728. The van der Waals surface area contributed by atoms with Gasteiger partial charge in [-0.1, -0.05) is 20.8 Å². The second-order valence-electron chi connectivity index (χ2n) is 5.78. The van der Waals surface area contributed by atoms with Crippen molar-refractivity contribution in [3.8, 4) is 0 Å². The fraction of sp³-hybridized carbons (Fsp3) is 0.909. The number of rotatable bonds is 1. The maximum atomic E-state index is 11.3. The molecule has 15 heavy (non-hydrogen) atoms. The van der Waals surface area contributed by atoms with Gasteiger partial charge in [0.15, 0.2) is 11.4 Å². The van der Waals surface area contributed by atoms with Crippen molar-refractivity contribution < 1.29 is 19.4 Å². The normalized spacial score (nSPS) is 35.5. The van der Waals surface area contributed by atoms with Gasteiger partial charge >= 0.3 is 5.97 Å². The molecule has 0 aliphatic carbocycles. The van der Waals surface area contributed by atoms with Crippen LogP contribution >= 0.6 is 0 Å². The average Bonchev–Trinajstić information content (AvgIpc) is 2.21. The molecule has 4 nitrogen and oxygen atoms in total. The van der Waals surface area contributed by atoms with Crippen LogP contribution in [0.5, 0.6) is 0 Å². The fourth-order valence-corrected chi connectivity index (χ4v) is 2.14. The molecule has 1 saturated heterocycles. The van der Waals surface area contributed by atoms with Crippen LogP contribution in [0.3, 0.4) is 0 Å². The highest BCUT2D eigenvalue weighted by Crippen LogP contribution is 2.44. The summed E-state index contributed by atoms with van der Waals surface area (Å²) in [6.07, 6.45) is -0.461. The molecule has 1 aliphatic rings. The van der Waals surface area contributed by atoms with E-state index in [-0.39, 0.29) is 5.41 Å². The van der Waals surface area contributed by atoms with Crippen molar-refractivity contribution in [3.63, 3.8) is 0 Å². The first-order valence-corrected chi connectivity index (χ1v) is 5.10. The van der Waals surface area contributed by atoms with Crippen LogP contribution < -0.4 is 0 Å². The van der Waals surface area contributed by atoms with E-state index >= 15 is 0 Å². The summed E-state index contributed by atoms with van der Waals surface area (Å²) < 4.78 is 11.2. The summed E-state index contributed by atoms with van der Waals surface area (Å²) in [7, 11) is 0. The zero-order valence-electron chi connectivity index (χ0n) is 10.2. The van der Waals surface area contributed by atoms with Crippen molar-refractivity contribution in [2.24, 2.45) is 5.41 Å². The monoisotopic (exact) mass is 216 g/mol. The van der Waals surface area contributed by atoms with E-state index in [0.717, 1.165) is 0 Å². The standard InChI is InChI=1S/C11H20O4/c1-9(2,3)7-11(6,8(12)13)15-10(4,5)14-7/h7H,1-6H3,(H,12,13). The SMILES string of the molecule is CC1(C)OC(C(C)(C)C)C(C)(C(=O)O)O1. The van der Waals surface area contributed by atoms with Crippen LogP contribution in [0.4, 0.5) is 0 Å². The van der Waals surface area contributed by atoms with Gasteiger partial charge < -0.3 is 14.6 Å². The highest BCUT2D eigenvalue weighted by atomic mass is 16.8. The smallest absolute Gasteiger partial charge is 0.338 e. The van der Waals surface area contributed by atoms with Gasteiger partial charge in [-0.25, -0.2) is 4.79 Å². The molecule has 0 saturated carbocycles. The predicted molar refractivity (Wildman–Crippen MR) is 55.5 cm³/mol. The van der Waals surface area contributed by atoms with Crippen LogP contribution in [0, 0.1) is 5.41 Å². The highest BCUT2D eigenvalue weighted by molar-refractivity contribution is 5.78. The minimum absolute atomic E-state index is 0.277. The molecular formula is C11H20O4. The van der Waals surface area contributed by atoms with Crippen LogP contribution in [0.25, 0.3) is 0 Å². The van der Waals surface area contributed by atoms with E-state index in [1.165, 1.54) is 0 Å². The summed E-state index contributed by atoms with van der Waals surface area (Å²) in [5, 5.41) is 9.23. The van der Waals surface area contributed by atoms with Gasteiger partial charge in [-0.15, -0.1) is 0 Å². The lowest BCUT2D eigenvalue weighted by Crippen LogP contribution is -2.50. The second kappa shape index (κ2) is 3.19. The summed E-state index contributed by atoms with van der Waals surface area (Å²) in [5.74, 6) is -1.82. The Balaban J connectivity index is 3.10. The molecule has 4 heteroatoms. The van der Waals surface area contributed by atoms with E-state index in [1.54, 1.807) is 20.8 Å². The molecule has 88 valence electrons. The number of carbonyl (C=O) groups is 1. The Bertz CT molecular complexity index is 277. The number of hydrogen-bond donors (Lipinski definition) is 1. The van der Waals surface area contributed by atoms with Gasteiger partial charge in [0.2, 0.25) is 0 Å². The molecule has 0 bridgehead atoms. The first-order valence-electron chi connectivity index (χ1n) is 5.10. The van der Waals surface area contributed by atoms with Crippen LogP contribution in [0.15, 0.2) is 0 Å². The van der Waals surface area contributed by atoms with Crippen molar-refractivity contribution in [2.45, 2.75) is 59.0 Å². The Morgan fingerprint density at radius 2 is 1.73 bits per heavy atom. The second-order valence-corrected chi connectivity index (χ2v) is 5.78. The largest absolute Gasteiger partial charge is 0.479 e. The Morgan fingerprint density at radius 1 is 1.27 bits per heavy atom. The topological polar surface area (TPSA) is 55.8 Å². The molecule has 2 atom stereocenters. The zero-order chi connectivity index (χ0) is 12.1. The molecule has 0 amide bonds. The Morgan fingerprint density at radius 3 is 2.00 bits per heavy atom. The molecule has 0 radical (unpaired) electrons. The molecule has 2 unspecified atom stereocenters. The minimum Gasteiger partial charge on any atom is -0.479 e. The van der Waals surface area contributed by atoms with Gasteiger partial charge in [0.25, 0.3) is 0 Å². The van der Waals surface area contributed by atoms with Crippen molar-refractivity contribution in [3.05, 3.63) is 0 Å². The van der Waals surface area contributed by atoms with E-state index in [9.17, 15) is 9.90 Å². The summed E-state index contributed by atoms with van der Waals surface area (Å²) in [4.78, 5) is 11.3. The summed E-state index contributed by atoms with van der Waals surface area (Å²) >= 11 is 0. The first kappa shape index (κ1) is 12.5. The van der Waals surface area contributed by atoms with Gasteiger partial charge in [0.1, 0.15) is 6.10 Å². The number of ether oxygens (including phenoxy) is 2. The molecule has 0 aromatic carbocycles. The van der Waals surface area contributed by atoms with Crippen molar-refractivity contribution in [2.75, 3.05) is 0 Å². The van der Waals surface area contributed by atoms with Gasteiger partial charge in [0, 0.05) is 0 Å². The molecule has 1 fully saturated rings. The minimum atomic E-state index is -1.28. The molecule has 0 aromatic rings.